The summed E-state index contributed by atoms with van der Waals surface area (Å²) in [5.41, 5.74) is 1.12. The van der Waals surface area contributed by atoms with Crippen LogP contribution in [0.15, 0.2) is 42.0 Å². The first-order valence-electron chi connectivity index (χ1n) is 9.38. The lowest BCUT2D eigenvalue weighted by Gasteiger charge is -2.13. The van der Waals surface area contributed by atoms with Crippen LogP contribution in [0.4, 0.5) is 0 Å². The van der Waals surface area contributed by atoms with E-state index in [4.69, 9.17) is 9.47 Å². The lowest BCUT2D eigenvalue weighted by atomic mass is 10.1. The van der Waals surface area contributed by atoms with E-state index in [9.17, 15) is 0 Å². The molecule has 1 aliphatic rings. The summed E-state index contributed by atoms with van der Waals surface area (Å²) in [6, 6.07) is 4.02. The smallest absolute Gasteiger partial charge is 0.191 e. The lowest BCUT2D eigenvalue weighted by molar-refractivity contribution is 0.0888. The monoisotopic (exact) mass is 372 g/mol. The molecule has 1 atom stereocenters. The molecule has 0 aliphatic carbocycles. The first kappa shape index (κ1) is 19.3. The third-order valence-corrected chi connectivity index (χ3v) is 4.40. The van der Waals surface area contributed by atoms with E-state index in [1.54, 1.807) is 25.8 Å². The maximum Gasteiger partial charge on any atom is 0.191 e. The molecule has 0 amide bonds. The first-order valence-corrected chi connectivity index (χ1v) is 9.38. The number of guanidine groups is 1. The molecule has 146 valence electrons. The van der Waals surface area contributed by atoms with Crippen LogP contribution >= 0.6 is 0 Å². The molecule has 1 aliphatic heterocycles. The van der Waals surface area contributed by atoms with Crippen molar-refractivity contribution < 1.29 is 9.47 Å². The van der Waals surface area contributed by atoms with Gasteiger partial charge in [0.15, 0.2) is 5.96 Å². The average molecular weight is 372 g/mol. The van der Waals surface area contributed by atoms with Crippen molar-refractivity contribution in [1.29, 1.82) is 0 Å². The predicted molar refractivity (Wildman–Crippen MR) is 104 cm³/mol. The van der Waals surface area contributed by atoms with Crippen molar-refractivity contribution in [3.63, 3.8) is 0 Å². The van der Waals surface area contributed by atoms with Crippen LogP contribution in [0, 0.1) is 5.92 Å². The largest absolute Gasteiger partial charge is 0.381 e. The van der Waals surface area contributed by atoms with Crippen LogP contribution in [-0.4, -0.2) is 60.5 Å². The molecule has 27 heavy (non-hydrogen) atoms. The van der Waals surface area contributed by atoms with Crippen molar-refractivity contribution in [2.24, 2.45) is 10.9 Å². The minimum absolute atomic E-state index is 0.569. The van der Waals surface area contributed by atoms with Crippen LogP contribution in [-0.2, 0) is 16.0 Å². The van der Waals surface area contributed by atoms with Crippen molar-refractivity contribution in [3.8, 4) is 5.82 Å². The summed E-state index contributed by atoms with van der Waals surface area (Å²) in [5, 5.41) is 6.64. The van der Waals surface area contributed by atoms with Gasteiger partial charge in [-0.05, 0) is 30.5 Å². The molecule has 0 bridgehead atoms. The van der Waals surface area contributed by atoms with Gasteiger partial charge in [-0.25, -0.2) is 9.97 Å². The number of pyridine rings is 1. The van der Waals surface area contributed by atoms with Crippen LogP contribution in [0.5, 0.6) is 0 Å². The molecule has 1 unspecified atom stereocenters. The Bertz CT molecular complexity index is 698. The zero-order valence-corrected chi connectivity index (χ0v) is 15.8. The topological polar surface area (TPSA) is 85.6 Å². The quantitative estimate of drug-likeness (QED) is 0.393. The molecule has 0 spiro atoms. The van der Waals surface area contributed by atoms with Crippen molar-refractivity contribution in [2.75, 3.05) is 40.0 Å². The highest BCUT2D eigenvalue weighted by molar-refractivity contribution is 5.79. The average Bonchev–Trinajstić information content (AvgIpc) is 3.41. The lowest BCUT2D eigenvalue weighted by Crippen LogP contribution is -2.37. The maximum atomic E-state index is 5.72. The SMILES string of the molecule is CN=C(NCCCOCC1CCOC1)NCc1ccnc(-n2ccnc2)c1. The fraction of sp³-hybridized carbons (Fsp3) is 0.526. The van der Waals surface area contributed by atoms with E-state index in [-0.39, 0.29) is 0 Å². The molecular weight excluding hydrogens is 344 g/mol. The molecule has 1 saturated heterocycles. The molecule has 3 rings (SSSR count). The van der Waals surface area contributed by atoms with Gasteiger partial charge in [0.05, 0.1) is 13.2 Å². The summed E-state index contributed by atoms with van der Waals surface area (Å²) in [6.45, 7) is 4.75. The van der Waals surface area contributed by atoms with Gasteiger partial charge in [0, 0.05) is 57.9 Å². The van der Waals surface area contributed by atoms with Gasteiger partial charge in [-0.2, -0.15) is 0 Å². The highest BCUT2D eigenvalue weighted by atomic mass is 16.5. The van der Waals surface area contributed by atoms with Gasteiger partial charge >= 0.3 is 0 Å². The highest BCUT2D eigenvalue weighted by Crippen LogP contribution is 2.12. The Morgan fingerprint density at radius 2 is 2.37 bits per heavy atom. The fourth-order valence-electron chi connectivity index (χ4n) is 2.86. The number of hydrogen-bond donors (Lipinski definition) is 2. The highest BCUT2D eigenvalue weighted by Gasteiger charge is 2.15. The molecule has 2 N–H and O–H groups in total. The number of aromatic nitrogens is 3. The van der Waals surface area contributed by atoms with E-state index in [1.807, 2.05) is 22.9 Å². The zero-order valence-electron chi connectivity index (χ0n) is 15.8. The van der Waals surface area contributed by atoms with Crippen LogP contribution in [0.25, 0.3) is 5.82 Å². The molecule has 0 radical (unpaired) electrons. The second-order valence-corrected chi connectivity index (χ2v) is 6.50. The van der Waals surface area contributed by atoms with Gasteiger partial charge < -0.3 is 20.1 Å². The molecule has 2 aromatic rings. The summed E-state index contributed by atoms with van der Waals surface area (Å²) < 4.78 is 12.9. The minimum Gasteiger partial charge on any atom is -0.381 e. The fourth-order valence-corrected chi connectivity index (χ4v) is 2.86. The first-order chi connectivity index (χ1) is 13.3. The van der Waals surface area contributed by atoms with E-state index in [1.165, 1.54) is 0 Å². The molecule has 0 aromatic carbocycles. The molecule has 8 nitrogen and oxygen atoms in total. The van der Waals surface area contributed by atoms with Crippen molar-refractivity contribution in [1.82, 2.24) is 25.2 Å². The molecule has 2 aromatic heterocycles. The van der Waals surface area contributed by atoms with E-state index >= 15 is 0 Å². The Kier molecular flexibility index (Phi) is 7.61. The van der Waals surface area contributed by atoms with E-state index in [0.29, 0.717) is 12.5 Å². The van der Waals surface area contributed by atoms with Gasteiger partial charge in [0.2, 0.25) is 0 Å². The van der Waals surface area contributed by atoms with E-state index in [2.05, 4.69) is 25.6 Å². The maximum absolute atomic E-state index is 5.72. The Morgan fingerprint density at radius 3 is 3.15 bits per heavy atom. The van der Waals surface area contributed by atoms with E-state index < -0.39 is 0 Å². The predicted octanol–water partition coefficient (Wildman–Crippen LogP) is 1.38. The zero-order chi connectivity index (χ0) is 18.7. The normalized spacial score (nSPS) is 17.2. The van der Waals surface area contributed by atoms with Gasteiger partial charge in [0.25, 0.3) is 0 Å². The standard InChI is InChI=1S/C19H28N6O2/c1-20-19(23-5-2-9-26-13-17-4-10-27-14-17)24-12-16-3-6-22-18(11-16)25-8-7-21-15-25/h3,6-8,11,15,17H,2,4-5,9-10,12-14H2,1H3,(H2,20,23,24). The van der Waals surface area contributed by atoms with Crippen molar-refractivity contribution >= 4 is 5.96 Å². The third-order valence-electron chi connectivity index (χ3n) is 4.40. The van der Waals surface area contributed by atoms with Gasteiger partial charge in [-0.3, -0.25) is 9.56 Å². The van der Waals surface area contributed by atoms with Gasteiger partial charge in [-0.1, -0.05) is 0 Å². The number of imidazole rings is 1. The van der Waals surface area contributed by atoms with Crippen LogP contribution < -0.4 is 10.6 Å². The Labute approximate surface area is 160 Å². The van der Waals surface area contributed by atoms with E-state index in [0.717, 1.165) is 63.2 Å². The van der Waals surface area contributed by atoms with Gasteiger partial charge in [0.1, 0.15) is 12.1 Å². The molecule has 1 fully saturated rings. The summed E-state index contributed by atoms with van der Waals surface area (Å²) >= 11 is 0. The molecular formula is C19H28N6O2. The van der Waals surface area contributed by atoms with Crippen LogP contribution in [0.3, 0.4) is 0 Å². The summed E-state index contributed by atoms with van der Waals surface area (Å²) in [6.07, 6.45) is 9.21. The summed E-state index contributed by atoms with van der Waals surface area (Å²) in [4.78, 5) is 12.7. The number of nitrogens with zero attached hydrogens (tertiary/aromatic N) is 4. The number of aliphatic imine (C=N–C) groups is 1. The molecule has 3 heterocycles. The van der Waals surface area contributed by atoms with Crippen LogP contribution in [0.1, 0.15) is 18.4 Å². The Hall–Kier alpha value is -2.45. The summed E-state index contributed by atoms with van der Waals surface area (Å²) in [7, 11) is 1.77. The summed E-state index contributed by atoms with van der Waals surface area (Å²) in [5.74, 6) is 2.19. The number of rotatable bonds is 9. The molecule has 8 heteroatoms. The van der Waals surface area contributed by atoms with Crippen molar-refractivity contribution in [3.05, 3.63) is 42.6 Å². The second-order valence-electron chi connectivity index (χ2n) is 6.50. The minimum atomic E-state index is 0.569. The van der Waals surface area contributed by atoms with Crippen LogP contribution in [0.2, 0.25) is 0 Å². The number of hydrogen-bond acceptors (Lipinski definition) is 5. The van der Waals surface area contributed by atoms with Crippen molar-refractivity contribution in [2.45, 2.75) is 19.4 Å². The number of nitrogens with one attached hydrogen (secondary N) is 2. The third kappa shape index (κ3) is 6.33. The van der Waals surface area contributed by atoms with Gasteiger partial charge in [-0.15, -0.1) is 0 Å². The Morgan fingerprint density at radius 1 is 1.41 bits per heavy atom. The Balaban J connectivity index is 1.33. The number of ether oxygens (including phenoxy) is 2. The molecule has 0 saturated carbocycles. The second kappa shape index (κ2) is 10.6.